The van der Waals surface area contributed by atoms with Gasteiger partial charge in [-0.25, -0.2) is 19.6 Å². The van der Waals surface area contributed by atoms with Crippen LogP contribution in [0.4, 0.5) is 5.82 Å². The van der Waals surface area contributed by atoms with Gasteiger partial charge in [-0.3, -0.25) is 19.2 Å². The van der Waals surface area contributed by atoms with Gasteiger partial charge in [0.15, 0.2) is 5.16 Å². The summed E-state index contributed by atoms with van der Waals surface area (Å²) in [5, 5.41) is 13.4. The molecule has 0 fully saturated rings. The predicted octanol–water partition coefficient (Wildman–Crippen LogP) is 2.61. The van der Waals surface area contributed by atoms with Crippen LogP contribution in [0.3, 0.4) is 0 Å². The predicted molar refractivity (Wildman–Crippen MR) is 194 cm³/mol. The molecule has 0 aliphatic rings. The van der Waals surface area contributed by atoms with Crippen LogP contribution in [-0.2, 0) is 35.1 Å². The van der Waals surface area contributed by atoms with Crippen molar-refractivity contribution in [3.63, 3.8) is 0 Å². The Balaban J connectivity index is 1.91. The Kier molecular flexibility index (Phi) is 16.3. The van der Waals surface area contributed by atoms with Crippen LogP contribution in [0.25, 0.3) is 0 Å². The van der Waals surface area contributed by atoms with Crippen molar-refractivity contribution in [2.45, 2.75) is 50.9 Å². The van der Waals surface area contributed by atoms with E-state index in [0.29, 0.717) is 17.1 Å². The van der Waals surface area contributed by atoms with E-state index in [1.165, 1.54) is 25.1 Å². The first-order valence-corrected chi connectivity index (χ1v) is 17.6. The summed E-state index contributed by atoms with van der Waals surface area (Å²) in [6, 6.07) is 14.8. The number of carbonyl (C=O) groups is 6. The molecule has 0 aliphatic heterocycles. The first-order valence-electron chi connectivity index (χ1n) is 16.4. The number of thioether (sulfide) groups is 1. The summed E-state index contributed by atoms with van der Waals surface area (Å²) in [4.78, 5) is 86.7. The van der Waals surface area contributed by atoms with E-state index in [-0.39, 0.29) is 41.6 Å². The summed E-state index contributed by atoms with van der Waals surface area (Å²) in [5.74, 6) is -4.11. The number of hydrogen-bond donors (Lipinski definition) is 5. The van der Waals surface area contributed by atoms with Crippen LogP contribution < -0.4 is 26.6 Å². The molecule has 1 aromatic heterocycles. The Bertz CT molecular complexity index is 1740. The summed E-state index contributed by atoms with van der Waals surface area (Å²) in [7, 11) is 1.22. The van der Waals surface area contributed by atoms with Gasteiger partial charge in [-0.2, -0.15) is 0 Å². The molecule has 0 bridgehead atoms. The Labute approximate surface area is 306 Å². The molecule has 3 rings (SSSR count). The second kappa shape index (κ2) is 20.8. The number of methoxy groups -OCH3 is 1. The van der Waals surface area contributed by atoms with Gasteiger partial charge in [0.05, 0.1) is 20.3 Å². The van der Waals surface area contributed by atoms with Gasteiger partial charge in [0.25, 0.3) is 11.8 Å². The second-order valence-corrected chi connectivity index (χ2v) is 12.3. The van der Waals surface area contributed by atoms with Crippen molar-refractivity contribution < 1.29 is 38.2 Å². The number of aromatic nitrogens is 2. The van der Waals surface area contributed by atoms with Crippen molar-refractivity contribution in [3.8, 4) is 0 Å². The molecule has 0 aliphatic carbocycles. The lowest BCUT2D eigenvalue weighted by Crippen LogP contribution is -2.52. The number of amides is 4. The summed E-state index contributed by atoms with van der Waals surface area (Å²) in [6.07, 6.45) is 4.50. The van der Waals surface area contributed by atoms with Crippen LogP contribution in [0.15, 0.2) is 83.9 Å². The van der Waals surface area contributed by atoms with Gasteiger partial charge >= 0.3 is 11.9 Å². The second-order valence-electron chi connectivity index (χ2n) is 11.6. The maximum absolute atomic E-state index is 13.9. The van der Waals surface area contributed by atoms with Gasteiger partial charge in [-0.1, -0.05) is 74.1 Å². The van der Waals surface area contributed by atoms with Crippen molar-refractivity contribution in [3.05, 3.63) is 95.4 Å². The first-order chi connectivity index (χ1) is 24.9. The molecule has 276 valence electrons. The van der Waals surface area contributed by atoms with Gasteiger partial charge in [0.2, 0.25) is 11.8 Å². The highest BCUT2D eigenvalue weighted by Gasteiger charge is 2.27. The van der Waals surface area contributed by atoms with E-state index in [9.17, 15) is 28.8 Å². The van der Waals surface area contributed by atoms with E-state index in [1.54, 1.807) is 73.8 Å². The van der Waals surface area contributed by atoms with Crippen molar-refractivity contribution in [2.24, 2.45) is 5.92 Å². The first kappa shape index (κ1) is 40.7. The van der Waals surface area contributed by atoms with Crippen LogP contribution >= 0.6 is 11.8 Å². The van der Waals surface area contributed by atoms with Crippen molar-refractivity contribution >= 4 is 53.1 Å². The highest BCUT2D eigenvalue weighted by Crippen LogP contribution is 2.18. The normalized spacial score (nSPS) is 12.2. The van der Waals surface area contributed by atoms with Crippen LogP contribution in [0, 0.1) is 5.92 Å². The number of benzene rings is 2. The molecule has 16 heteroatoms. The number of anilines is 1. The van der Waals surface area contributed by atoms with Gasteiger partial charge in [0.1, 0.15) is 29.2 Å². The fraction of sp³-hybridized carbons (Fsp3) is 0.333. The minimum absolute atomic E-state index is 0.00405. The quantitative estimate of drug-likeness (QED) is 0.0554. The zero-order chi connectivity index (χ0) is 38.0. The maximum atomic E-state index is 13.9. The maximum Gasteiger partial charge on any atom is 0.343 e. The lowest BCUT2D eigenvalue weighted by atomic mass is 10.0. The standard InChI is InChI=1S/C36H43N7O8S/c1-6-51-34(48)25-19-39-36(52-5)43-30(25)37-20-28(42-31(45)24-15-11-8-12-16-24)33(47)41-26(18-23-13-9-7-10-14-23)32(46)38-21-29(44)40-27(17-22(2)3)35(49)50-4/h7-16,19-20,22,26-27H,6,17-18,21H2,1-5H3,(H,38,46)(H,40,44)(H,41,47)(H,42,45)(H,37,39,43)/b28-20-/t26-,27-/m0/s1. The molecule has 52 heavy (non-hydrogen) atoms. The molecule has 4 amide bonds. The fourth-order valence-corrected chi connectivity index (χ4v) is 5.01. The zero-order valence-corrected chi connectivity index (χ0v) is 30.4. The lowest BCUT2D eigenvalue weighted by Gasteiger charge is -2.21. The molecule has 5 N–H and O–H groups in total. The highest BCUT2D eigenvalue weighted by molar-refractivity contribution is 7.98. The highest BCUT2D eigenvalue weighted by atomic mass is 32.2. The number of rotatable bonds is 18. The Hall–Kier alpha value is -5.77. The molecule has 2 aromatic carbocycles. The Morgan fingerprint density at radius 2 is 1.60 bits per heavy atom. The number of esters is 2. The third kappa shape index (κ3) is 12.8. The number of carbonyl (C=O) groups excluding carboxylic acids is 6. The van der Waals surface area contributed by atoms with Crippen molar-refractivity contribution in [2.75, 3.05) is 31.8 Å². The monoisotopic (exact) mass is 733 g/mol. The zero-order valence-electron chi connectivity index (χ0n) is 29.6. The molecule has 1 heterocycles. The smallest absolute Gasteiger partial charge is 0.343 e. The molecule has 2 atom stereocenters. The minimum Gasteiger partial charge on any atom is -0.467 e. The molecule has 0 saturated carbocycles. The van der Waals surface area contributed by atoms with E-state index in [4.69, 9.17) is 9.47 Å². The summed E-state index contributed by atoms with van der Waals surface area (Å²) in [5.41, 5.74) is 0.586. The van der Waals surface area contributed by atoms with Crippen LogP contribution in [-0.4, -0.2) is 84.1 Å². The van der Waals surface area contributed by atoms with E-state index in [0.717, 1.165) is 6.20 Å². The van der Waals surface area contributed by atoms with Crippen molar-refractivity contribution in [1.29, 1.82) is 0 Å². The number of nitrogens with one attached hydrogen (secondary N) is 5. The van der Waals surface area contributed by atoms with Crippen LogP contribution in [0.2, 0.25) is 0 Å². The third-order valence-electron chi connectivity index (χ3n) is 7.18. The molecule has 3 aromatic rings. The fourth-order valence-electron chi connectivity index (χ4n) is 4.67. The Morgan fingerprint density at radius 3 is 2.21 bits per heavy atom. The average Bonchev–Trinajstić information content (AvgIpc) is 3.14. The van der Waals surface area contributed by atoms with E-state index in [2.05, 4.69) is 36.6 Å². The largest absolute Gasteiger partial charge is 0.467 e. The topological polar surface area (TPSA) is 207 Å². The molecular formula is C36H43N7O8S. The van der Waals surface area contributed by atoms with E-state index < -0.39 is 54.2 Å². The number of hydrogen-bond acceptors (Lipinski definition) is 12. The summed E-state index contributed by atoms with van der Waals surface area (Å²) in [6.45, 7) is 5.01. The average molecular weight is 734 g/mol. The van der Waals surface area contributed by atoms with Gasteiger partial charge in [0, 0.05) is 24.4 Å². The molecule has 0 spiro atoms. The molecule has 15 nitrogen and oxygen atoms in total. The number of nitrogens with zero attached hydrogens (tertiary/aromatic N) is 2. The van der Waals surface area contributed by atoms with Crippen molar-refractivity contribution in [1.82, 2.24) is 31.2 Å². The summed E-state index contributed by atoms with van der Waals surface area (Å²) >= 11 is 1.21. The minimum atomic E-state index is -1.23. The van der Waals surface area contributed by atoms with Gasteiger partial charge in [-0.15, -0.1) is 0 Å². The SMILES string of the molecule is CCOC(=O)c1cnc(SC)nc1N/C=C(\NC(=O)c1ccccc1)C(=O)N[C@@H](Cc1ccccc1)C(=O)NCC(=O)N[C@@H](CC(C)C)C(=O)OC. The Morgan fingerprint density at radius 1 is 0.923 bits per heavy atom. The molecular weight excluding hydrogens is 691 g/mol. The van der Waals surface area contributed by atoms with Crippen LogP contribution in [0.1, 0.15) is 53.5 Å². The third-order valence-corrected chi connectivity index (χ3v) is 7.74. The van der Waals surface area contributed by atoms with Gasteiger partial charge in [-0.05, 0) is 43.2 Å². The molecule has 0 unspecified atom stereocenters. The van der Waals surface area contributed by atoms with E-state index >= 15 is 0 Å². The van der Waals surface area contributed by atoms with Gasteiger partial charge < -0.3 is 36.1 Å². The molecule has 0 saturated heterocycles. The number of ether oxygens (including phenoxy) is 2. The summed E-state index contributed by atoms with van der Waals surface area (Å²) < 4.78 is 9.91. The molecule has 0 radical (unpaired) electrons. The lowest BCUT2D eigenvalue weighted by molar-refractivity contribution is -0.145. The van der Waals surface area contributed by atoms with E-state index in [1.807, 2.05) is 13.8 Å². The van der Waals surface area contributed by atoms with Crippen LogP contribution in [0.5, 0.6) is 0 Å².